The number of carbonyl (C=O) groups excluding carboxylic acids is 1. The number of piperidine rings is 1. The minimum atomic E-state index is -0.358. The zero-order valence-electron chi connectivity index (χ0n) is 9.17. The van der Waals surface area contributed by atoms with Gasteiger partial charge in [0.25, 0.3) is 5.91 Å². The Bertz CT molecular complexity index is 422. The molecule has 0 aromatic carbocycles. The number of rotatable bonds is 2. The van der Waals surface area contributed by atoms with Crippen molar-refractivity contribution in [2.75, 3.05) is 6.54 Å². The van der Waals surface area contributed by atoms with Crippen LogP contribution in [0, 0.1) is 0 Å². The van der Waals surface area contributed by atoms with Gasteiger partial charge in [0.15, 0.2) is 0 Å². The van der Waals surface area contributed by atoms with Gasteiger partial charge in [0.1, 0.15) is 5.69 Å². The van der Waals surface area contributed by atoms with Gasteiger partial charge in [-0.05, 0) is 26.3 Å². The molecule has 6 heteroatoms. The van der Waals surface area contributed by atoms with Gasteiger partial charge in [-0.1, -0.05) is 0 Å². The van der Waals surface area contributed by atoms with Gasteiger partial charge in [-0.3, -0.25) is 4.79 Å². The van der Waals surface area contributed by atoms with Crippen molar-refractivity contribution in [1.29, 1.82) is 0 Å². The largest absolute Gasteiger partial charge is 0.348 e. The molecule has 0 aliphatic carbocycles. The number of amides is 1. The summed E-state index contributed by atoms with van der Waals surface area (Å²) in [5.74, 6) is -0.225. The van der Waals surface area contributed by atoms with Crippen molar-refractivity contribution in [2.45, 2.75) is 31.8 Å². The number of hydrogen-bond acceptors (Lipinski definition) is 3. The van der Waals surface area contributed by atoms with E-state index in [4.69, 9.17) is 0 Å². The second-order valence-corrected chi connectivity index (χ2v) is 4.21. The van der Waals surface area contributed by atoms with Crippen LogP contribution in [0.4, 0.5) is 0 Å². The molecule has 0 saturated carbocycles. The highest BCUT2D eigenvalue weighted by Gasteiger charge is 2.20. The Morgan fingerprint density at radius 1 is 1.56 bits per heavy atom. The number of hydrogen-bond donors (Lipinski definition) is 4. The molecule has 0 spiro atoms. The molecule has 2 heterocycles. The summed E-state index contributed by atoms with van der Waals surface area (Å²) in [6.07, 6.45) is 3.23. The first-order valence-electron chi connectivity index (χ1n) is 5.47. The fourth-order valence-electron chi connectivity index (χ4n) is 1.98. The van der Waals surface area contributed by atoms with Crippen molar-refractivity contribution in [3.63, 3.8) is 0 Å². The maximum absolute atomic E-state index is 11.7. The lowest BCUT2D eigenvalue weighted by molar-refractivity contribution is 0.0921. The SMILES string of the molecule is CC1CC(NC(=O)c2c[nH]c(=O)[nH]2)CCN1. The van der Waals surface area contributed by atoms with Crippen molar-refractivity contribution in [3.05, 3.63) is 22.4 Å². The average Bonchev–Trinajstić information content (AvgIpc) is 2.65. The summed E-state index contributed by atoms with van der Waals surface area (Å²) in [6.45, 7) is 3.01. The maximum atomic E-state index is 11.7. The normalized spacial score (nSPS) is 25.3. The number of aromatic amines is 2. The smallest absolute Gasteiger partial charge is 0.323 e. The van der Waals surface area contributed by atoms with Crippen LogP contribution in [0.1, 0.15) is 30.3 Å². The highest BCUT2D eigenvalue weighted by Crippen LogP contribution is 2.08. The lowest BCUT2D eigenvalue weighted by Gasteiger charge is -2.28. The van der Waals surface area contributed by atoms with Gasteiger partial charge in [0, 0.05) is 18.3 Å². The highest BCUT2D eigenvalue weighted by atomic mass is 16.2. The number of imidazole rings is 1. The second-order valence-electron chi connectivity index (χ2n) is 4.21. The Balaban J connectivity index is 1.94. The van der Waals surface area contributed by atoms with E-state index in [-0.39, 0.29) is 23.3 Å². The van der Waals surface area contributed by atoms with Crippen LogP contribution in [0.25, 0.3) is 0 Å². The van der Waals surface area contributed by atoms with E-state index in [1.54, 1.807) is 0 Å². The molecule has 2 atom stereocenters. The monoisotopic (exact) mass is 224 g/mol. The van der Waals surface area contributed by atoms with Gasteiger partial charge >= 0.3 is 5.69 Å². The van der Waals surface area contributed by atoms with Crippen LogP contribution in [-0.2, 0) is 0 Å². The molecule has 1 fully saturated rings. The first-order chi connectivity index (χ1) is 7.65. The summed E-state index contributed by atoms with van der Waals surface area (Å²) in [7, 11) is 0. The van der Waals surface area contributed by atoms with Crippen molar-refractivity contribution < 1.29 is 4.79 Å². The van der Waals surface area contributed by atoms with Crippen LogP contribution in [0.15, 0.2) is 11.0 Å². The number of aromatic nitrogens is 2. The predicted octanol–water partition coefficient (Wildman–Crippen LogP) is -0.427. The molecule has 1 amide bonds. The Morgan fingerprint density at radius 2 is 2.38 bits per heavy atom. The third-order valence-electron chi connectivity index (χ3n) is 2.80. The van der Waals surface area contributed by atoms with Gasteiger partial charge in [0.05, 0.1) is 0 Å². The standard InChI is InChI=1S/C10H16N4O2/c1-6-4-7(2-3-11-6)13-9(15)8-5-12-10(16)14-8/h5-7,11H,2-4H2,1H3,(H,13,15)(H2,12,14,16). The van der Waals surface area contributed by atoms with Crippen molar-refractivity contribution >= 4 is 5.91 Å². The lowest BCUT2D eigenvalue weighted by Crippen LogP contribution is -2.46. The van der Waals surface area contributed by atoms with Crippen LogP contribution in [-0.4, -0.2) is 34.5 Å². The number of H-pyrrole nitrogens is 2. The Hall–Kier alpha value is -1.56. The van der Waals surface area contributed by atoms with E-state index < -0.39 is 0 Å². The van der Waals surface area contributed by atoms with Crippen LogP contribution in [0.3, 0.4) is 0 Å². The molecule has 1 saturated heterocycles. The minimum absolute atomic E-state index is 0.183. The Kier molecular flexibility index (Phi) is 3.09. The van der Waals surface area contributed by atoms with Gasteiger partial charge in [-0.25, -0.2) is 4.79 Å². The third kappa shape index (κ3) is 2.52. The molecule has 6 nitrogen and oxygen atoms in total. The molecule has 1 aliphatic rings. The van der Waals surface area contributed by atoms with Gasteiger partial charge in [-0.2, -0.15) is 0 Å². The molecule has 0 bridgehead atoms. The van der Waals surface area contributed by atoms with Crippen LogP contribution < -0.4 is 16.3 Å². The summed E-state index contributed by atoms with van der Waals surface area (Å²) in [4.78, 5) is 27.4. The number of carbonyl (C=O) groups is 1. The van der Waals surface area contributed by atoms with E-state index in [0.29, 0.717) is 6.04 Å². The molecule has 1 aromatic heterocycles. The molecule has 2 rings (SSSR count). The van der Waals surface area contributed by atoms with Gasteiger partial charge < -0.3 is 20.6 Å². The van der Waals surface area contributed by atoms with E-state index >= 15 is 0 Å². The van der Waals surface area contributed by atoms with Crippen LogP contribution in [0.5, 0.6) is 0 Å². The molecule has 4 N–H and O–H groups in total. The van der Waals surface area contributed by atoms with E-state index in [0.717, 1.165) is 19.4 Å². The highest BCUT2D eigenvalue weighted by molar-refractivity contribution is 5.92. The molecule has 1 aliphatic heterocycles. The molecule has 16 heavy (non-hydrogen) atoms. The summed E-state index contributed by atoms with van der Waals surface area (Å²) in [5, 5.41) is 6.22. The zero-order chi connectivity index (χ0) is 11.5. The van der Waals surface area contributed by atoms with Gasteiger partial charge in [0.2, 0.25) is 0 Å². The summed E-state index contributed by atoms with van der Waals surface area (Å²) in [5.41, 5.74) is -0.0694. The van der Waals surface area contributed by atoms with Crippen molar-refractivity contribution in [2.24, 2.45) is 0 Å². The summed E-state index contributed by atoms with van der Waals surface area (Å²) >= 11 is 0. The Labute approximate surface area is 92.8 Å². The second kappa shape index (κ2) is 4.52. The van der Waals surface area contributed by atoms with Crippen molar-refractivity contribution in [3.8, 4) is 0 Å². The molecule has 88 valence electrons. The fraction of sp³-hybridized carbons (Fsp3) is 0.600. The molecular weight excluding hydrogens is 208 g/mol. The van der Waals surface area contributed by atoms with E-state index in [1.165, 1.54) is 6.20 Å². The quantitative estimate of drug-likeness (QED) is 0.549. The first-order valence-corrected chi connectivity index (χ1v) is 5.47. The van der Waals surface area contributed by atoms with E-state index in [2.05, 4.69) is 27.5 Å². The topological polar surface area (TPSA) is 89.8 Å². The van der Waals surface area contributed by atoms with Crippen LogP contribution >= 0.6 is 0 Å². The fourth-order valence-corrected chi connectivity index (χ4v) is 1.98. The zero-order valence-corrected chi connectivity index (χ0v) is 9.17. The molecule has 2 unspecified atom stereocenters. The molecule has 0 radical (unpaired) electrons. The minimum Gasteiger partial charge on any atom is -0.348 e. The summed E-state index contributed by atoms with van der Waals surface area (Å²) < 4.78 is 0. The average molecular weight is 224 g/mol. The number of nitrogens with one attached hydrogen (secondary N) is 4. The predicted molar refractivity (Wildman–Crippen MR) is 59.4 cm³/mol. The van der Waals surface area contributed by atoms with Crippen LogP contribution in [0.2, 0.25) is 0 Å². The van der Waals surface area contributed by atoms with E-state index in [1.807, 2.05) is 0 Å². The van der Waals surface area contributed by atoms with Gasteiger partial charge in [-0.15, -0.1) is 0 Å². The Morgan fingerprint density at radius 3 is 3.00 bits per heavy atom. The molecular formula is C10H16N4O2. The lowest BCUT2D eigenvalue weighted by atomic mass is 10.0. The first kappa shape index (κ1) is 10.9. The van der Waals surface area contributed by atoms with Crippen molar-refractivity contribution in [1.82, 2.24) is 20.6 Å². The maximum Gasteiger partial charge on any atom is 0.323 e. The summed E-state index contributed by atoms with van der Waals surface area (Å²) in [6, 6.07) is 0.603. The molecule has 1 aromatic rings. The third-order valence-corrected chi connectivity index (χ3v) is 2.80. The van der Waals surface area contributed by atoms with E-state index in [9.17, 15) is 9.59 Å².